The topological polar surface area (TPSA) is 86.6 Å². The summed E-state index contributed by atoms with van der Waals surface area (Å²) in [6.45, 7) is 4.63. The molecule has 2 N–H and O–H groups in total. The molecule has 2 aromatic heterocycles. The maximum atomic E-state index is 16.2. The molecule has 8 nitrogen and oxygen atoms in total. The van der Waals surface area contributed by atoms with Gasteiger partial charge >= 0.3 is 6.01 Å². The van der Waals surface area contributed by atoms with E-state index in [-0.39, 0.29) is 23.0 Å². The number of hydrogen-bond acceptors (Lipinski definition) is 8. The van der Waals surface area contributed by atoms with Gasteiger partial charge in [0.1, 0.15) is 29.4 Å². The van der Waals surface area contributed by atoms with Crippen molar-refractivity contribution in [3.05, 3.63) is 48.4 Å². The van der Waals surface area contributed by atoms with Crippen molar-refractivity contribution < 1.29 is 14.2 Å². The van der Waals surface area contributed by atoms with Crippen molar-refractivity contribution in [2.45, 2.75) is 18.9 Å². The third-order valence-corrected chi connectivity index (χ3v) is 7.24. The second kappa shape index (κ2) is 9.48. The minimum atomic E-state index is -0.551. The molecule has 0 spiro atoms. The molecule has 0 amide bonds. The lowest BCUT2D eigenvalue weighted by Crippen LogP contribution is -2.44. The summed E-state index contributed by atoms with van der Waals surface area (Å²) in [6.07, 6.45) is 3.83. The number of ether oxygens (including phenoxy) is 1. The molecule has 0 saturated carbocycles. The average molecular weight is 489 g/mol. The Bertz CT molecular complexity index is 1420. The Hall–Kier alpha value is -3.56. The van der Waals surface area contributed by atoms with Gasteiger partial charge in [0.15, 0.2) is 5.82 Å². The molecule has 186 valence electrons. The van der Waals surface area contributed by atoms with E-state index in [2.05, 4.69) is 32.1 Å². The summed E-state index contributed by atoms with van der Waals surface area (Å²) in [6, 6.07) is 11.2. The molecular formula is C27H29FN6O2. The molecule has 4 aromatic rings. The van der Waals surface area contributed by atoms with Crippen LogP contribution in [0, 0.1) is 5.82 Å². The number of aromatic nitrogens is 3. The first kappa shape index (κ1) is 22.9. The molecule has 2 aromatic carbocycles. The highest BCUT2D eigenvalue weighted by atomic mass is 19.1. The van der Waals surface area contributed by atoms with Crippen molar-refractivity contribution in [3.8, 4) is 23.0 Å². The van der Waals surface area contributed by atoms with Gasteiger partial charge in [-0.25, -0.2) is 4.39 Å². The number of phenols is 1. The maximum Gasteiger partial charge on any atom is 0.319 e. The Kier molecular flexibility index (Phi) is 6.02. The van der Waals surface area contributed by atoms with Gasteiger partial charge < -0.3 is 25.0 Å². The Morgan fingerprint density at radius 3 is 2.75 bits per heavy atom. The van der Waals surface area contributed by atoms with E-state index in [1.165, 1.54) is 0 Å². The molecule has 2 saturated heterocycles. The van der Waals surface area contributed by atoms with Gasteiger partial charge in [0.05, 0.1) is 5.39 Å². The number of piperazine rings is 1. The zero-order chi connectivity index (χ0) is 24.6. The quantitative estimate of drug-likeness (QED) is 0.441. The van der Waals surface area contributed by atoms with Crippen molar-refractivity contribution >= 4 is 27.5 Å². The summed E-state index contributed by atoms with van der Waals surface area (Å²) in [5, 5.41) is 15.8. The van der Waals surface area contributed by atoms with Crippen molar-refractivity contribution in [1.82, 2.24) is 25.2 Å². The SMILES string of the molecule is CN1CCC[C@H]1COc1nc(N2CCNCC2)c2cnc(-c3cc(O)cc4ccccc34)c(F)c2n1. The van der Waals surface area contributed by atoms with E-state index in [9.17, 15) is 5.11 Å². The van der Waals surface area contributed by atoms with Gasteiger partial charge in [-0.05, 0) is 49.3 Å². The van der Waals surface area contributed by atoms with Gasteiger partial charge in [0.2, 0.25) is 0 Å². The minimum Gasteiger partial charge on any atom is -0.508 e. The molecule has 2 fully saturated rings. The van der Waals surface area contributed by atoms with Crippen LogP contribution in [-0.2, 0) is 0 Å². The number of fused-ring (bicyclic) bond motifs is 2. The molecule has 0 radical (unpaired) electrons. The highest BCUT2D eigenvalue weighted by Crippen LogP contribution is 2.36. The molecule has 0 aliphatic carbocycles. The number of benzene rings is 2. The van der Waals surface area contributed by atoms with Crippen LogP contribution >= 0.6 is 0 Å². The van der Waals surface area contributed by atoms with Crippen molar-refractivity contribution in [1.29, 1.82) is 0 Å². The third-order valence-electron chi connectivity index (χ3n) is 7.24. The average Bonchev–Trinajstić information content (AvgIpc) is 3.32. The summed E-state index contributed by atoms with van der Waals surface area (Å²) < 4.78 is 22.3. The summed E-state index contributed by atoms with van der Waals surface area (Å²) in [5.74, 6) is 0.138. The molecule has 9 heteroatoms. The van der Waals surface area contributed by atoms with Crippen LogP contribution in [0.5, 0.6) is 11.8 Å². The summed E-state index contributed by atoms with van der Waals surface area (Å²) in [5.41, 5.74) is 0.828. The number of likely N-dealkylation sites (tertiary alicyclic amines) is 1. The predicted octanol–water partition coefficient (Wildman–Crippen LogP) is 3.57. The number of halogens is 1. The number of rotatable bonds is 5. The number of aromatic hydroxyl groups is 1. The molecule has 6 rings (SSSR count). The van der Waals surface area contributed by atoms with Crippen LogP contribution in [0.4, 0.5) is 10.2 Å². The minimum absolute atomic E-state index is 0.0545. The second-order valence-electron chi connectivity index (χ2n) is 9.55. The fraction of sp³-hybridized carbons (Fsp3) is 0.370. The van der Waals surface area contributed by atoms with Gasteiger partial charge in [0, 0.05) is 44.0 Å². The highest BCUT2D eigenvalue weighted by Gasteiger charge is 2.25. The first-order valence-corrected chi connectivity index (χ1v) is 12.5. The first-order chi connectivity index (χ1) is 17.6. The van der Waals surface area contributed by atoms with Crippen molar-refractivity contribution in [2.24, 2.45) is 0 Å². The van der Waals surface area contributed by atoms with E-state index in [0.717, 1.165) is 56.3 Å². The van der Waals surface area contributed by atoms with E-state index < -0.39 is 5.82 Å². The molecule has 1 atom stereocenters. The van der Waals surface area contributed by atoms with Crippen molar-refractivity contribution in [3.63, 3.8) is 0 Å². The normalized spacial score (nSPS) is 18.8. The summed E-state index contributed by atoms with van der Waals surface area (Å²) in [7, 11) is 2.09. The van der Waals surface area contributed by atoms with Gasteiger partial charge in [-0.1, -0.05) is 24.3 Å². The third kappa shape index (κ3) is 4.18. The monoisotopic (exact) mass is 488 g/mol. The fourth-order valence-corrected chi connectivity index (χ4v) is 5.24. The first-order valence-electron chi connectivity index (χ1n) is 12.5. The number of phenolic OH excluding ortho intramolecular Hbond substituents is 1. The van der Waals surface area contributed by atoms with Crippen LogP contribution in [0.2, 0.25) is 0 Å². The van der Waals surface area contributed by atoms with E-state index in [1.807, 2.05) is 24.3 Å². The molecule has 0 bridgehead atoms. The lowest BCUT2D eigenvalue weighted by molar-refractivity contribution is 0.188. The summed E-state index contributed by atoms with van der Waals surface area (Å²) in [4.78, 5) is 18.2. The number of pyridine rings is 1. The lowest BCUT2D eigenvalue weighted by atomic mass is 10.0. The second-order valence-corrected chi connectivity index (χ2v) is 9.55. The van der Waals surface area contributed by atoms with Crippen LogP contribution in [0.15, 0.2) is 42.6 Å². The number of nitrogens with zero attached hydrogens (tertiary/aromatic N) is 5. The van der Waals surface area contributed by atoms with Crippen LogP contribution in [0.25, 0.3) is 32.9 Å². The molecular weight excluding hydrogens is 459 g/mol. The lowest BCUT2D eigenvalue weighted by Gasteiger charge is -2.29. The van der Waals surface area contributed by atoms with E-state index in [0.29, 0.717) is 29.4 Å². The van der Waals surface area contributed by atoms with Gasteiger partial charge in [-0.2, -0.15) is 9.97 Å². The molecule has 2 aliphatic heterocycles. The fourth-order valence-electron chi connectivity index (χ4n) is 5.24. The van der Waals surface area contributed by atoms with E-state index in [4.69, 9.17) is 9.72 Å². The maximum absolute atomic E-state index is 16.2. The van der Waals surface area contributed by atoms with Crippen LogP contribution in [0.1, 0.15) is 12.8 Å². The highest BCUT2D eigenvalue weighted by molar-refractivity contribution is 5.99. The largest absolute Gasteiger partial charge is 0.508 e. The Labute approximate surface area is 208 Å². The van der Waals surface area contributed by atoms with Crippen molar-refractivity contribution in [2.75, 3.05) is 51.3 Å². The van der Waals surface area contributed by atoms with E-state index in [1.54, 1.807) is 18.3 Å². The molecule has 36 heavy (non-hydrogen) atoms. The number of likely N-dealkylation sites (N-methyl/N-ethyl adjacent to an activating group) is 1. The van der Waals surface area contributed by atoms with Crippen LogP contribution in [0.3, 0.4) is 0 Å². The van der Waals surface area contributed by atoms with Gasteiger partial charge in [0.25, 0.3) is 0 Å². The van der Waals surface area contributed by atoms with Gasteiger partial charge in [-0.3, -0.25) is 4.98 Å². The Morgan fingerprint density at radius 2 is 1.94 bits per heavy atom. The number of hydrogen-bond donors (Lipinski definition) is 2. The zero-order valence-electron chi connectivity index (χ0n) is 20.2. The summed E-state index contributed by atoms with van der Waals surface area (Å²) >= 11 is 0. The smallest absolute Gasteiger partial charge is 0.319 e. The number of nitrogens with one attached hydrogen (secondary N) is 1. The zero-order valence-corrected chi connectivity index (χ0v) is 20.2. The molecule has 4 heterocycles. The molecule has 0 unspecified atom stereocenters. The Balaban J connectivity index is 1.48. The van der Waals surface area contributed by atoms with Gasteiger partial charge in [-0.15, -0.1) is 0 Å². The van der Waals surface area contributed by atoms with Crippen LogP contribution in [-0.4, -0.2) is 77.4 Å². The number of anilines is 1. The van der Waals surface area contributed by atoms with E-state index >= 15 is 4.39 Å². The standard InChI is InChI=1S/C27H29FN6O2/c1-33-10-4-6-18(33)16-36-27-31-25-22(26(32-27)34-11-8-29-9-12-34)15-30-24(23(25)28)21-14-19(35)13-17-5-2-3-7-20(17)21/h2-3,5,7,13-15,18,29,35H,4,6,8-12,16H2,1H3/t18-/m0/s1. The molecule has 2 aliphatic rings. The van der Waals surface area contributed by atoms with Crippen LogP contribution < -0.4 is 15.0 Å². The predicted molar refractivity (Wildman–Crippen MR) is 138 cm³/mol. The Morgan fingerprint density at radius 1 is 1.11 bits per heavy atom.